The van der Waals surface area contributed by atoms with Crippen molar-refractivity contribution < 1.29 is 14.2 Å². The fourth-order valence-corrected chi connectivity index (χ4v) is 3.24. The molecule has 1 aliphatic rings. The number of benzene rings is 2. The molecule has 1 heterocycles. The maximum atomic E-state index is 5.41. The second-order valence-electron chi connectivity index (χ2n) is 5.76. The topological polar surface area (TPSA) is 64.1 Å². The first-order chi connectivity index (χ1) is 12.7. The van der Waals surface area contributed by atoms with Gasteiger partial charge in [0.25, 0.3) is 0 Å². The molecular weight excluding hydrogens is 525 g/mol. The summed E-state index contributed by atoms with van der Waals surface area (Å²) in [6, 6.07) is 12.0. The Labute approximate surface area is 184 Å². The number of hydrogen-bond acceptors (Lipinski definition) is 4. The lowest BCUT2D eigenvalue weighted by molar-refractivity contribution is 0.174. The van der Waals surface area contributed by atoms with Gasteiger partial charge in [0, 0.05) is 20.1 Å². The first kappa shape index (κ1) is 21.6. The molecule has 0 saturated carbocycles. The molecular formula is C19H23BrIN3O3. The average Bonchev–Trinajstić information content (AvgIpc) is 3.12. The number of halogens is 2. The minimum absolute atomic E-state index is 0. The monoisotopic (exact) mass is 547 g/mol. The van der Waals surface area contributed by atoms with E-state index in [0.29, 0.717) is 13.3 Å². The summed E-state index contributed by atoms with van der Waals surface area (Å²) in [5.41, 5.74) is 2.33. The van der Waals surface area contributed by atoms with Gasteiger partial charge >= 0.3 is 0 Å². The standard InChI is InChI=1S/C19H22BrN3O3.HI/c1-21-19(23-11-14-4-5-16(24-2)15(20)9-14)22-8-7-13-3-6-17-18(10-13)26-12-25-17;/h3-6,9-10H,7-8,11-12H2,1-2H3,(H2,21,22,23);1H. The van der Waals surface area contributed by atoms with Crippen molar-refractivity contribution >= 4 is 45.9 Å². The summed E-state index contributed by atoms with van der Waals surface area (Å²) < 4.78 is 16.9. The number of nitrogens with zero attached hydrogens (tertiary/aromatic N) is 1. The molecule has 0 bridgehead atoms. The normalized spacial score (nSPS) is 12.3. The van der Waals surface area contributed by atoms with Crippen molar-refractivity contribution in [3.05, 3.63) is 52.0 Å². The molecule has 0 fully saturated rings. The van der Waals surface area contributed by atoms with Crippen molar-refractivity contribution in [3.63, 3.8) is 0 Å². The summed E-state index contributed by atoms with van der Waals surface area (Å²) >= 11 is 3.50. The second kappa shape index (κ2) is 10.6. The number of nitrogens with one attached hydrogen (secondary N) is 2. The van der Waals surface area contributed by atoms with Crippen molar-refractivity contribution in [1.29, 1.82) is 0 Å². The quantitative estimate of drug-likeness (QED) is 0.328. The Morgan fingerprint density at radius 2 is 1.89 bits per heavy atom. The molecule has 2 N–H and O–H groups in total. The van der Waals surface area contributed by atoms with Crippen LogP contribution in [-0.2, 0) is 13.0 Å². The molecule has 3 rings (SSSR count). The Hall–Kier alpha value is -1.68. The fourth-order valence-electron chi connectivity index (χ4n) is 2.65. The van der Waals surface area contributed by atoms with Gasteiger partial charge in [-0.3, -0.25) is 4.99 Å². The Bertz CT molecular complexity index is 802. The highest BCUT2D eigenvalue weighted by atomic mass is 127. The van der Waals surface area contributed by atoms with Crippen LogP contribution in [0.1, 0.15) is 11.1 Å². The molecule has 0 unspecified atom stereocenters. The summed E-state index contributed by atoms with van der Waals surface area (Å²) in [6.07, 6.45) is 0.866. The molecule has 8 heteroatoms. The van der Waals surface area contributed by atoms with Crippen LogP contribution in [0.5, 0.6) is 17.2 Å². The van der Waals surface area contributed by atoms with Gasteiger partial charge in [-0.1, -0.05) is 12.1 Å². The van der Waals surface area contributed by atoms with Gasteiger partial charge < -0.3 is 24.8 Å². The summed E-state index contributed by atoms with van der Waals surface area (Å²) in [5.74, 6) is 3.21. The molecule has 0 aromatic heterocycles. The van der Waals surface area contributed by atoms with E-state index in [1.165, 1.54) is 5.56 Å². The molecule has 2 aromatic rings. The van der Waals surface area contributed by atoms with Crippen LogP contribution in [0, 0.1) is 0 Å². The predicted molar refractivity (Wildman–Crippen MR) is 121 cm³/mol. The molecule has 0 amide bonds. The lowest BCUT2D eigenvalue weighted by Crippen LogP contribution is -2.37. The van der Waals surface area contributed by atoms with E-state index in [4.69, 9.17) is 14.2 Å². The van der Waals surface area contributed by atoms with Gasteiger partial charge in [-0.05, 0) is 57.7 Å². The van der Waals surface area contributed by atoms with Crippen LogP contribution >= 0.6 is 39.9 Å². The second-order valence-corrected chi connectivity index (χ2v) is 6.61. The molecule has 0 radical (unpaired) electrons. The summed E-state index contributed by atoms with van der Waals surface area (Å²) in [4.78, 5) is 4.26. The van der Waals surface area contributed by atoms with E-state index in [2.05, 4.69) is 37.6 Å². The lowest BCUT2D eigenvalue weighted by Gasteiger charge is -2.13. The van der Waals surface area contributed by atoms with Gasteiger partial charge in [-0.25, -0.2) is 0 Å². The molecule has 27 heavy (non-hydrogen) atoms. The van der Waals surface area contributed by atoms with E-state index in [1.54, 1.807) is 14.2 Å². The van der Waals surface area contributed by atoms with Crippen molar-refractivity contribution in [3.8, 4) is 17.2 Å². The third-order valence-corrected chi connectivity index (χ3v) is 4.66. The summed E-state index contributed by atoms with van der Waals surface area (Å²) in [7, 11) is 3.42. The molecule has 0 atom stereocenters. The SMILES string of the molecule is CN=C(NCCc1ccc2c(c1)OCO2)NCc1ccc(OC)c(Br)c1.I. The van der Waals surface area contributed by atoms with Crippen LogP contribution < -0.4 is 24.8 Å². The highest BCUT2D eigenvalue weighted by Gasteiger charge is 2.13. The third kappa shape index (κ3) is 5.90. The largest absolute Gasteiger partial charge is 0.496 e. The number of ether oxygens (including phenoxy) is 3. The minimum atomic E-state index is 0. The Morgan fingerprint density at radius 1 is 1.11 bits per heavy atom. The molecule has 0 aliphatic carbocycles. The zero-order valence-electron chi connectivity index (χ0n) is 15.3. The highest BCUT2D eigenvalue weighted by Crippen LogP contribution is 2.32. The average molecular weight is 548 g/mol. The zero-order valence-corrected chi connectivity index (χ0v) is 19.2. The van der Waals surface area contributed by atoms with Crippen molar-refractivity contribution in [2.75, 3.05) is 27.5 Å². The summed E-state index contributed by atoms with van der Waals surface area (Å²) in [6.45, 7) is 1.74. The van der Waals surface area contributed by atoms with E-state index >= 15 is 0 Å². The van der Waals surface area contributed by atoms with Crippen molar-refractivity contribution in [2.45, 2.75) is 13.0 Å². The van der Waals surface area contributed by atoms with Crippen LogP contribution in [0.3, 0.4) is 0 Å². The molecule has 146 valence electrons. The Kier molecular flexibility index (Phi) is 8.49. The number of hydrogen-bond donors (Lipinski definition) is 2. The number of fused-ring (bicyclic) bond motifs is 1. The molecule has 6 nitrogen and oxygen atoms in total. The van der Waals surface area contributed by atoms with Gasteiger partial charge in [0.05, 0.1) is 11.6 Å². The van der Waals surface area contributed by atoms with Crippen LogP contribution in [-0.4, -0.2) is 33.5 Å². The summed E-state index contributed by atoms with van der Waals surface area (Å²) in [5, 5.41) is 6.63. The first-order valence-corrected chi connectivity index (χ1v) is 9.14. The Morgan fingerprint density at radius 3 is 2.63 bits per heavy atom. The number of guanidine groups is 1. The van der Waals surface area contributed by atoms with Gasteiger partial charge in [0.15, 0.2) is 17.5 Å². The maximum absolute atomic E-state index is 5.41. The number of methoxy groups -OCH3 is 1. The van der Waals surface area contributed by atoms with E-state index in [9.17, 15) is 0 Å². The zero-order chi connectivity index (χ0) is 18.4. The van der Waals surface area contributed by atoms with Gasteiger partial charge in [0.2, 0.25) is 6.79 Å². The fraction of sp³-hybridized carbons (Fsp3) is 0.316. The van der Waals surface area contributed by atoms with Crippen molar-refractivity contribution in [1.82, 2.24) is 10.6 Å². The van der Waals surface area contributed by atoms with Crippen LogP contribution in [0.4, 0.5) is 0 Å². The van der Waals surface area contributed by atoms with Crippen LogP contribution in [0.2, 0.25) is 0 Å². The van der Waals surface area contributed by atoms with E-state index in [1.807, 2.05) is 30.3 Å². The predicted octanol–water partition coefficient (Wildman–Crippen LogP) is 3.71. The first-order valence-electron chi connectivity index (χ1n) is 8.35. The molecule has 1 aliphatic heterocycles. The van der Waals surface area contributed by atoms with E-state index in [0.717, 1.165) is 46.2 Å². The maximum Gasteiger partial charge on any atom is 0.231 e. The highest BCUT2D eigenvalue weighted by molar-refractivity contribution is 14.0. The number of rotatable bonds is 6. The van der Waals surface area contributed by atoms with Gasteiger partial charge in [-0.2, -0.15) is 0 Å². The van der Waals surface area contributed by atoms with Crippen molar-refractivity contribution in [2.24, 2.45) is 4.99 Å². The lowest BCUT2D eigenvalue weighted by atomic mass is 10.1. The van der Waals surface area contributed by atoms with Crippen LogP contribution in [0.15, 0.2) is 45.9 Å². The van der Waals surface area contributed by atoms with Crippen LogP contribution in [0.25, 0.3) is 0 Å². The van der Waals surface area contributed by atoms with E-state index < -0.39 is 0 Å². The smallest absolute Gasteiger partial charge is 0.231 e. The third-order valence-electron chi connectivity index (χ3n) is 4.04. The molecule has 0 saturated heterocycles. The molecule has 2 aromatic carbocycles. The van der Waals surface area contributed by atoms with E-state index in [-0.39, 0.29) is 24.0 Å². The van der Waals surface area contributed by atoms with Gasteiger partial charge in [-0.15, -0.1) is 24.0 Å². The van der Waals surface area contributed by atoms with Gasteiger partial charge in [0.1, 0.15) is 5.75 Å². The minimum Gasteiger partial charge on any atom is -0.496 e. The molecule has 0 spiro atoms. The number of aliphatic imine (C=N–C) groups is 1. The Balaban J connectivity index is 0.00000261.